The van der Waals surface area contributed by atoms with Crippen LogP contribution in [0.25, 0.3) is 10.6 Å². The van der Waals surface area contributed by atoms with Gasteiger partial charge in [-0.15, -0.1) is 11.3 Å². The molecule has 0 aliphatic heterocycles. The molecule has 0 aliphatic carbocycles. The van der Waals surface area contributed by atoms with Gasteiger partial charge in [-0.1, -0.05) is 17.7 Å². The topological polar surface area (TPSA) is 68.3 Å². The molecule has 0 bridgehead atoms. The van der Waals surface area contributed by atoms with Crippen LogP contribution in [-0.2, 0) is 9.53 Å². The number of anilines is 1. The van der Waals surface area contributed by atoms with Crippen LogP contribution in [0.2, 0.25) is 0 Å². The molecule has 1 amide bonds. The molecule has 2 aromatic carbocycles. The summed E-state index contributed by atoms with van der Waals surface area (Å²) in [5.74, 6) is -1.36. The van der Waals surface area contributed by atoms with Crippen molar-refractivity contribution in [2.45, 2.75) is 27.7 Å². The van der Waals surface area contributed by atoms with Crippen LogP contribution in [0.3, 0.4) is 0 Å². The average Bonchev–Trinajstić information content (AvgIpc) is 3.05. The Labute approximate surface area is 172 Å². The summed E-state index contributed by atoms with van der Waals surface area (Å²) >= 11 is 1.15. The number of aryl methyl sites for hydroxylation is 4. The Balaban J connectivity index is 1.65. The number of aromatic nitrogens is 1. The predicted molar refractivity (Wildman–Crippen MR) is 112 cm³/mol. The van der Waals surface area contributed by atoms with Crippen molar-refractivity contribution in [3.8, 4) is 10.6 Å². The molecule has 0 aliphatic rings. The highest BCUT2D eigenvalue weighted by Crippen LogP contribution is 2.28. The molecule has 7 heteroatoms. The molecule has 29 heavy (non-hydrogen) atoms. The fourth-order valence-electron chi connectivity index (χ4n) is 3.05. The summed E-state index contributed by atoms with van der Waals surface area (Å²) < 4.78 is 18.3. The van der Waals surface area contributed by atoms with Crippen LogP contribution in [0.4, 0.5) is 10.1 Å². The maximum absolute atomic E-state index is 13.1. The van der Waals surface area contributed by atoms with Crippen molar-refractivity contribution in [2.24, 2.45) is 0 Å². The van der Waals surface area contributed by atoms with Gasteiger partial charge in [0.25, 0.3) is 5.91 Å². The number of ether oxygens (including phenoxy) is 1. The van der Waals surface area contributed by atoms with Gasteiger partial charge in [0.1, 0.15) is 15.7 Å². The zero-order valence-corrected chi connectivity index (χ0v) is 17.4. The molecular formula is C22H21FN2O3S. The van der Waals surface area contributed by atoms with E-state index in [9.17, 15) is 14.0 Å². The molecule has 0 unspecified atom stereocenters. The molecule has 0 saturated heterocycles. The Morgan fingerprint density at radius 1 is 1.07 bits per heavy atom. The van der Waals surface area contributed by atoms with Gasteiger partial charge in [-0.3, -0.25) is 4.79 Å². The van der Waals surface area contributed by atoms with Crippen molar-refractivity contribution in [1.82, 2.24) is 4.98 Å². The fraction of sp³-hybridized carbons (Fsp3) is 0.227. The van der Waals surface area contributed by atoms with Crippen LogP contribution in [0.15, 0.2) is 36.4 Å². The summed E-state index contributed by atoms with van der Waals surface area (Å²) in [6, 6.07) is 9.83. The molecule has 1 N–H and O–H groups in total. The van der Waals surface area contributed by atoms with Crippen molar-refractivity contribution >= 4 is 28.9 Å². The molecule has 0 atom stereocenters. The molecule has 0 spiro atoms. The Morgan fingerprint density at radius 3 is 2.31 bits per heavy atom. The molecule has 0 radical (unpaired) electrons. The quantitative estimate of drug-likeness (QED) is 0.600. The second-order valence-electron chi connectivity index (χ2n) is 6.84. The maximum atomic E-state index is 13.1. The zero-order chi connectivity index (χ0) is 21.1. The third-order valence-corrected chi connectivity index (χ3v) is 5.54. The number of halogens is 1. The molecule has 1 aromatic heterocycles. The van der Waals surface area contributed by atoms with Crippen molar-refractivity contribution in [3.05, 3.63) is 69.5 Å². The minimum Gasteiger partial charge on any atom is -0.451 e. The summed E-state index contributed by atoms with van der Waals surface area (Å²) in [6.45, 7) is 7.12. The van der Waals surface area contributed by atoms with Crippen LogP contribution < -0.4 is 5.32 Å². The first-order valence-electron chi connectivity index (χ1n) is 9.03. The number of thiazole rings is 1. The van der Waals surface area contributed by atoms with E-state index in [0.29, 0.717) is 21.1 Å². The standard InChI is InChI=1S/C22H21FN2O3S/c1-12-9-13(2)19(14(3)10-12)25-18(26)11-28-22(27)20-15(4)24-21(29-20)16-5-7-17(23)8-6-16/h5-10H,11H2,1-4H3,(H,25,26). The van der Waals surface area contributed by atoms with Gasteiger partial charge >= 0.3 is 5.97 Å². The lowest BCUT2D eigenvalue weighted by molar-refractivity contribution is -0.119. The van der Waals surface area contributed by atoms with Crippen LogP contribution in [0.5, 0.6) is 0 Å². The van der Waals surface area contributed by atoms with E-state index in [1.807, 2.05) is 32.9 Å². The molecule has 0 saturated carbocycles. The number of carbonyl (C=O) groups is 2. The van der Waals surface area contributed by atoms with E-state index in [1.165, 1.54) is 12.1 Å². The Bertz CT molecular complexity index is 1050. The van der Waals surface area contributed by atoms with E-state index in [2.05, 4.69) is 10.3 Å². The number of amides is 1. The van der Waals surface area contributed by atoms with Crippen molar-refractivity contribution < 1.29 is 18.7 Å². The highest BCUT2D eigenvalue weighted by atomic mass is 32.1. The molecule has 1 heterocycles. The van der Waals surface area contributed by atoms with Crippen LogP contribution >= 0.6 is 11.3 Å². The molecule has 3 aromatic rings. The van der Waals surface area contributed by atoms with Gasteiger partial charge in [0, 0.05) is 11.3 Å². The van der Waals surface area contributed by atoms with E-state index >= 15 is 0 Å². The predicted octanol–water partition coefficient (Wildman–Crippen LogP) is 4.98. The van der Waals surface area contributed by atoms with E-state index < -0.39 is 18.5 Å². The molecule has 0 fully saturated rings. The summed E-state index contributed by atoms with van der Waals surface area (Å²) in [7, 11) is 0. The van der Waals surface area contributed by atoms with Gasteiger partial charge in [0.05, 0.1) is 5.69 Å². The lowest BCUT2D eigenvalue weighted by atomic mass is 10.1. The first kappa shape index (κ1) is 20.7. The lowest BCUT2D eigenvalue weighted by Crippen LogP contribution is -2.21. The second kappa shape index (κ2) is 8.53. The molecular weight excluding hydrogens is 391 g/mol. The largest absolute Gasteiger partial charge is 0.451 e. The maximum Gasteiger partial charge on any atom is 0.350 e. The van der Waals surface area contributed by atoms with E-state index in [1.54, 1.807) is 19.1 Å². The van der Waals surface area contributed by atoms with E-state index in [-0.39, 0.29) is 5.82 Å². The zero-order valence-electron chi connectivity index (χ0n) is 16.6. The smallest absolute Gasteiger partial charge is 0.350 e. The minimum absolute atomic E-state index is 0.319. The van der Waals surface area contributed by atoms with Crippen LogP contribution in [0.1, 0.15) is 32.1 Å². The van der Waals surface area contributed by atoms with Gasteiger partial charge in [0.2, 0.25) is 0 Å². The number of rotatable bonds is 5. The first-order chi connectivity index (χ1) is 13.7. The van der Waals surface area contributed by atoms with E-state index in [0.717, 1.165) is 33.7 Å². The second-order valence-corrected chi connectivity index (χ2v) is 7.84. The highest BCUT2D eigenvalue weighted by Gasteiger charge is 2.19. The normalized spacial score (nSPS) is 10.7. The van der Waals surface area contributed by atoms with Gasteiger partial charge < -0.3 is 10.1 Å². The lowest BCUT2D eigenvalue weighted by Gasteiger charge is -2.12. The fourth-order valence-corrected chi connectivity index (χ4v) is 4.02. The number of hydrogen-bond donors (Lipinski definition) is 1. The van der Waals surface area contributed by atoms with Crippen molar-refractivity contribution in [2.75, 3.05) is 11.9 Å². The van der Waals surface area contributed by atoms with E-state index in [4.69, 9.17) is 4.74 Å². The molecule has 3 rings (SSSR count). The average molecular weight is 412 g/mol. The first-order valence-corrected chi connectivity index (χ1v) is 9.84. The third-order valence-electron chi connectivity index (χ3n) is 4.35. The van der Waals surface area contributed by atoms with Gasteiger partial charge in [-0.25, -0.2) is 14.2 Å². The van der Waals surface area contributed by atoms with Gasteiger partial charge in [0.15, 0.2) is 6.61 Å². The van der Waals surface area contributed by atoms with Crippen molar-refractivity contribution in [3.63, 3.8) is 0 Å². The highest BCUT2D eigenvalue weighted by molar-refractivity contribution is 7.17. The Morgan fingerprint density at radius 2 is 1.69 bits per heavy atom. The molecule has 150 valence electrons. The number of hydrogen-bond acceptors (Lipinski definition) is 5. The summed E-state index contributed by atoms with van der Waals surface area (Å²) in [6.07, 6.45) is 0. The number of carbonyl (C=O) groups excluding carboxylic acids is 2. The Kier molecular flexibility index (Phi) is 6.08. The van der Waals surface area contributed by atoms with Gasteiger partial charge in [-0.05, 0) is 63.1 Å². The van der Waals surface area contributed by atoms with Gasteiger partial charge in [-0.2, -0.15) is 0 Å². The number of nitrogens with one attached hydrogen (secondary N) is 1. The number of esters is 1. The summed E-state index contributed by atoms with van der Waals surface area (Å²) in [5.41, 5.74) is 4.95. The summed E-state index contributed by atoms with van der Waals surface area (Å²) in [4.78, 5) is 29.3. The number of nitrogens with zero attached hydrogens (tertiary/aromatic N) is 1. The number of benzene rings is 2. The van der Waals surface area contributed by atoms with Crippen LogP contribution in [-0.4, -0.2) is 23.5 Å². The third kappa shape index (κ3) is 4.86. The minimum atomic E-state index is -0.610. The Hall–Kier alpha value is -3.06. The van der Waals surface area contributed by atoms with Crippen LogP contribution in [0, 0.1) is 33.5 Å². The van der Waals surface area contributed by atoms with Crippen molar-refractivity contribution in [1.29, 1.82) is 0 Å². The SMILES string of the molecule is Cc1cc(C)c(NC(=O)COC(=O)c2sc(-c3ccc(F)cc3)nc2C)c(C)c1. The summed E-state index contributed by atoms with van der Waals surface area (Å²) in [5, 5.41) is 3.39. The molecule has 5 nitrogen and oxygen atoms in total. The monoisotopic (exact) mass is 412 g/mol.